The Morgan fingerprint density at radius 1 is 1.22 bits per heavy atom. The molecule has 0 saturated heterocycles. The summed E-state index contributed by atoms with van der Waals surface area (Å²) in [6, 6.07) is 5.49. The second kappa shape index (κ2) is 8.27. The number of nitrogens with one attached hydrogen (secondary N) is 2. The molecule has 0 aliphatic carbocycles. The van der Waals surface area contributed by atoms with Gasteiger partial charge in [0.25, 0.3) is 0 Å². The first-order chi connectivity index (χ1) is 10.6. The van der Waals surface area contributed by atoms with Crippen LogP contribution in [-0.2, 0) is 19.6 Å². The summed E-state index contributed by atoms with van der Waals surface area (Å²) < 4.78 is 66.0. The van der Waals surface area contributed by atoms with E-state index in [4.69, 9.17) is 0 Å². The number of alkyl halides is 3. The van der Waals surface area contributed by atoms with E-state index in [-0.39, 0.29) is 30.4 Å². The Kier molecular flexibility index (Phi) is 6.98. The molecule has 1 rings (SSSR count). The van der Waals surface area contributed by atoms with Crippen molar-refractivity contribution in [2.24, 2.45) is 0 Å². The fourth-order valence-corrected chi connectivity index (χ4v) is 2.65. The smallest absolute Gasteiger partial charge is 0.372 e. The molecule has 0 aliphatic rings. The highest BCUT2D eigenvalue weighted by molar-refractivity contribution is 7.89. The molecule has 0 heterocycles. The predicted molar refractivity (Wildman–Crippen MR) is 77.4 cm³/mol. The summed E-state index contributed by atoms with van der Waals surface area (Å²) in [6.07, 6.45) is -4.28. The van der Waals surface area contributed by atoms with Crippen molar-refractivity contribution in [2.75, 3.05) is 25.1 Å². The zero-order chi connectivity index (χ0) is 17.5. The molecule has 0 saturated carbocycles. The zero-order valence-electron chi connectivity index (χ0n) is 12.3. The molecular formula is C13H17F3N2O4S. The number of hydrogen-bond donors (Lipinski definition) is 2. The van der Waals surface area contributed by atoms with Crippen LogP contribution in [-0.4, -0.2) is 40.3 Å². The molecule has 0 aliphatic heterocycles. The van der Waals surface area contributed by atoms with Gasteiger partial charge < -0.3 is 10.1 Å². The average Bonchev–Trinajstić information content (AvgIpc) is 2.41. The largest absolute Gasteiger partial charge is 0.411 e. The number of hydrogen-bond acceptors (Lipinski definition) is 4. The number of carbonyl (C=O) groups excluding carboxylic acids is 1. The summed E-state index contributed by atoms with van der Waals surface area (Å²) in [5, 5.41) is 2.50. The molecule has 1 aromatic carbocycles. The van der Waals surface area contributed by atoms with Crippen LogP contribution in [0.1, 0.15) is 13.3 Å². The standard InChI is InChI=1S/C13H17F3N2O4S/c1-10(19)18-11-3-5-12(6-4-11)23(20,21)17-7-2-8-22-9-13(14,15)16/h3-6,17H,2,7-9H2,1H3,(H,18,19). The minimum Gasteiger partial charge on any atom is -0.372 e. The van der Waals surface area contributed by atoms with Crippen LogP contribution in [0.15, 0.2) is 29.2 Å². The number of ether oxygens (including phenoxy) is 1. The summed E-state index contributed by atoms with van der Waals surface area (Å²) in [6.45, 7) is -0.283. The van der Waals surface area contributed by atoms with E-state index in [1.807, 2.05) is 0 Å². The first kappa shape index (κ1) is 19.4. The van der Waals surface area contributed by atoms with Gasteiger partial charge in [-0.3, -0.25) is 4.79 Å². The van der Waals surface area contributed by atoms with E-state index in [2.05, 4.69) is 14.8 Å². The summed E-state index contributed by atoms with van der Waals surface area (Å²) in [7, 11) is -3.76. The number of benzene rings is 1. The second-order valence-electron chi connectivity index (χ2n) is 4.62. The van der Waals surface area contributed by atoms with Gasteiger partial charge in [0.2, 0.25) is 15.9 Å². The molecule has 1 aromatic rings. The van der Waals surface area contributed by atoms with Gasteiger partial charge in [0.05, 0.1) is 4.90 Å². The quantitative estimate of drug-likeness (QED) is 0.698. The zero-order valence-corrected chi connectivity index (χ0v) is 13.1. The number of carbonyl (C=O) groups is 1. The number of anilines is 1. The lowest BCUT2D eigenvalue weighted by atomic mass is 10.3. The van der Waals surface area contributed by atoms with E-state index < -0.39 is 22.8 Å². The Hall–Kier alpha value is -1.65. The maximum atomic E-state index is 11.9. The molecule has 23 heavy (non-hydrogen) atoms. The third-order valence-electron chi connectivity index (χ3n) is 2.51. The lowest BCUT2D eigenvalue weighted by molar-refractivity contribution is -0.173. The summed E-state index contributed by atoms with van der Waals surface area (Å²) in [5.41, 5.74) is 0.456. The predicted octanol–water partition coefficient (Wildman–Crippen LogP) is 1.89. The van der Waals surface area contributed by atoms with Crippen molar-refractivity contribution in [1.29, 1.82) is 0 Å². The van der Waals surface area contributed by atoms with Gasteiger partial charge >= 0.3 is 6.18 Å². The van der Waals surface area contributed by atoms with Crippen molar-refractivity contribution in [2.45, 2.75) is 24.4 Å². The van der Waals surface area contributed by atoms with Crippen LogP contribution in [0.3, 0.4) is 0 Å². The molecule has 0 atom stereocenters. The fraction of sp³-hybridized carbons (Fsp3) is 0.462. The Balaban J connectivity index is 2.42. The third-order valence-corrected chi connectivity index (χ3v) is 3.99. The van der Waals surface area contributed by atoms with Crippen molar-refractivity contribution in [1.82, 2.24) is 4.72 Å². The molecule has 10 heteroatoms. The highest BCUT2D eigenvalue weighted by atomic mass is 32.2. The van der Waals surface area contributed by atoms with E-state index in [9.17, 15) is 26.4 Å². The van der Waals surface area contributed by atoms with Gasteiger partial charge in [0.15, 0.2) is 0 Å². The lowest BCUT2D eigenvalue weighted by Gasteiger charge is -2.09. The van der Waals surface area contributed by atoms with Gasteiger partial charge in [-0.2, -0.15) is 13.2 Å². The minimum absolute atomic E-state index is 0.0113. The van der Waals surface area contributed by atoms with Gasteiger partial charge in [0.1, 0.15) is 6.61 Å². The first-order valence-electron chi connectivity index (χ1n) is 6.62. The molecule has 0 unspecified atom stereocenters. The monoisotopic (exact) mass is 354 g/mol. The Labute approximate surface area is 132 Å². The van der Waals surface area contributed by atoms with Crippen LogP contribution in [0, 0.1) is 0 Å². The fourth-order valence-electron chi connectivity index (χ4n) is 1.57. The summed E-state index contributed by atoms with van der Waals surface area (Å²) in [4.78, 5) is 10.8. The highest BCUT2D eigenvalue weighted by Gasteiger charge is 2.27. The summed E-state index contributed by atoms with van der Waals surface area (Å²) in [5.74, 6) is -0.280. The van der Waals surface area contributed by atoms with Gasteiger partial charge in [-0.05, 0) is 30.7 Å². The van der Waals surface area contributed by atoms with Crippen LogP contribution in [0.2, 0.25) is 0 Å². The lowest BCUT2D eigenvalue weighted by Crippen LogP contribution is -2.26. The van der Waals surface area contributed by atoms with Gasteiger partial charge in [0, 0.05) is 25.8 Å². The number of rotatable bonds is 8. The van der Waals surface area contributed by atoms with E-state index in [1.54, 1.807) is 0 Å². The normalized spacial score (nSPS) is 12.2. The molecule has 2 N–H and O–H groups in total. The molecule has 0 aromatic heterocycles. The minimum atomic E-state index is -4.39. The van der Waals surface area contributed by atoms with Crippen molar-refractivity contribution in [3.63, 3.8) is 0 Å². The van der Waals surface area contributed by atoms with E-state index >= 15 is 0 Å². The Morgan fingerprint density at radius 3 is 2.35 bits per heavy atom. The van der Waals surface area contributed by atoms with E-state index in [0.29, 0.717) is 5.69 Å². The molecule has 0 radical (unpaired) electrons. The van der Waals surface area contributed by atoms with Crippen molar-refractivity contribution in [3.05, 3.63) is 24.3 Å². The van der Waals surface area contributed by atoms with Crippen LogP contribution < -0.4 is 10.0 Å². The van der Waals surface area contributed by atoms with Gasteiger partial charge in [-0.1, -0.05) is 0 Å². The topological polar surface area (TPSA) is 84.5 Å². The van der Waals surface area contributed by atoms with Gasteiger partial charge in [-0.15, -0.1) is 0 Å². The average molecular weight is 354 g/mol. The SMILES string of the molecule is CC(=O)Nc1ccc(S(=O)(=O)NCCCOCC(F)(F)F)cc1. The maximum absolute atomic E-state index is 11.9. The van der Waals surface area contributed by atoms with Crippen molar-refractivity contribution >= 4 is 21.6 Å². The van der Waals surface area contributed by atoms with Crippen molar-refractivity contribution < 1.29 is 31.1 Å². The highest BCUT2D eigenvalue weighted by Crippen LogP contribution is 2.15. The number of amides is 1. The molecular weight excluding hydrogens is 337 g/mol. The molecule has 1 amide bonds. The number of sulfonamides is 1. The third kappa shape index (κ3) is 7.95. The maximum Gasteiger partial charge on any atom is 0.411 e. The van der Waals surface area contributed by atoms with Crippen LogP contribution in [0.25, 0.3) is 0 Å². The molecule has 0 bridgehead atoms. The van der Waals surface area contributed by atoms with E-state index in [1.165, 1.54) is 31.2 Å². The summed E-state index contributed by atoms with van der Waals surface area (Å²) >= 11 is 0. The van der Waals surface area contributed by atoms with Crippen LogP contribution >= 0.6 is 0 Å². The molecule has 0 fully saturated rings. The second-order valence-corrected chi connectivity index (χ2v) is 6.39. The van der Waals surface area contributed by atoms with Crippen LogP contribution in [0.4, 0.5) is 18.9 Å². The number of halogens is 3. The Morgan fingerprint density at radius 2 is 1.83 bits per heavy atom. The molecule has 0 spiro atoms. The van der Waals surface area contributed by atoms with Gasteiger partial charge in [-0.25, -0.2) is 13.1 Å². The van der Waals surface area contributed by atoms with Crippen molar-refractivity contribution in [3.8, 4) is 0 Å². The van der Waals surface area contributed by atoms with Crippen LogP contribution in [0.5, 0.6) is 0 Å². The molecule has 130 valence electrons. The van der Waals surface area contributed by atoms with E-state index in [0.717, 1.165) is 0 Å². The first-order valence-corrected chi connectivity index (χ1v) is 8.10. The molecule has 6 nitrogen and oxygen atoms in total. The Bertz CT molecular complexity index is 615.